The lowest BCUT2D eigenvalue weighted by atomic mass is 9.85. The van der Waals surface area contributed by atoms with Gasteiger partial charge in [-0.25, -0.2) is 13.2 Å². The normalized spacial score (nSPS) is 16.6. The van der Waals surface area contributed by atoms with Crippen LogP contribution in [0.5, 0.6) is 5.75 Å². The van der Waals surface area contributed by atoms with Crippen molar-refractivity contribution in [1.82, 2.24) is 4.90 Å². The molecule has 170 valence electrons. The molecule has 32 heavy (non-hydrogen) atoms. The predicted octanol–water partition coefficient (Wildman–Crippen LogP) is 4.85. The van der Waals surface area contributed by atoms with Crippen molar-refractivity contribution in [3.8, 4) is 5.75 Å². The van der Waals surface area contributed by atoms with Crippen LogP contribution in [0.2, 0.25) is 0 Å². The number of fused-ring (bicyclic) bond motifs is 1. The van der Waals surface area contributed by atoms with Crippen molar-refractivity contribution in [3.63, 3.8) is 0 Å². The molecule has 1 aliphatic carbocycles. The highest BCUT2D eigenvalue weighted by Crippen LogP contribution is 2.34. The highest BCUT2D eigenvalue weighted by molar-refractivity contribution is 5.73. The second-order valence-corrected chi connectivity index (χ2v) is 8.56. The van der Waals surface area contributed by atoms with Crippen LogP contribution in [0.4, 0.5) is 13.2 Å². The number of likely N-dealkylation sites (tertiary alicyclic amines) is 1. The van der Waals surface area contributed by atoms with Gasteiger partial charge in [0.25, 0.3) is 0 Å². The average molecular weight is 445 g/mol. The third-order valence-electron chi connectivity index (χ3n) is 6.40. The molecule has 0 radical (unpaired) electrons. The molecule has 0 saturated carbocycles. The van der Waals surface area contributed by atoms with Crippen molar-refractivity contribution in [2.24, 2.45) is 5.92 Å². The molecule has 2 aliphatic rings. The molecule has 7 heteroatoms. The van der Waals surface area contributed by atoms with Crippen LogP contribution in [0.1, 0.15) is 36.5 Å². The van der Waals surface area contributed by atoms with Gasteiger partial charge >= 0.3 is 5.97 Å². The van der Waals surface area contributed by atoms with E-state index >= 15 is 0 Å². The predicted molar refractivity (Wildman–Crippen MR) is 115 cm³/mol. The molecule has 1 fully saturated rings. The fourth-order valence-corrected chi connectivity index (χ4v) is 4.43. The highest BCUT2D eigenvalue weighted by atomic mass is 19.2. The third-order valence-corrected chi connectivity index (χ3v) is 6.40. The largest absolute Gasteiger partial charge is 0.494 e. The van der Waals surface area contributed by atoms with Crippen molar-refractivity contribution in [2.75, 3.05) is 26.2 Å². The molecule has 0 atom stereocenters. The number of carboxylic acids is 1. The fraction of sp³-hybridized carbons (Fsp3) is 0.400. The molecule has 0 unspecified atom stereocenters. The average Bonchev–Trinajstić information content (AvgIpc) is 2.74. The summed E-state index contributed by atoms with van der Waals surface area (Å²) in [5.74, 6) is -3.98. The summed E-state index contributed by atoms with van der Waals surface area (Å²) in [5.41, 5.74) is 5.14. The van der Waals surface area contributed by atoms with E-state index in [2.05, 4.69) is 11.8 Å². The summed E-state index contributed by atoms with van der Waals surface area (Å²) in [5, 5.41) is 9.04. The molecule has 1 N–H and O–H groups in total. The number of ether oxygens (including phenoxy) is 1. The molecule has 1 aliphatic heterocycles. The van der Waals surface area contributed by atoms with E-state index in [9.17, 15) is 18.0 Å². The topological polar surface area (TPSA) is 49.8 Å². The lowest BCUT2D eigenvalue weighted by Gasteiger charge is -2.38. The Kier molecular flexibility index (Phi) is 6.55. The maximum atomic E-state index is 13.7. The summed E-state index contributed by atoms with van der Waals surface area (Å²) in [6.45, 7) is 4.49. The molecule has 4 nitrogen and oxygen atoms in total. The molecular formula is C25H26F3NO3. The number of aryl methyl sites for hydroxylation is 2. The number of allylic oxidation sites excluding steroid dienone is 1. The highest BCUT2D eigenvalue weighted by Gasteiger charge is 2.33. The monoisotopic (exact) mass is 445 g/mol. The van der Waals surface area contributed by atoms with Crippen LogP contribution in [0.25, 0.3) is 5.57 Å². The second-order valence-electron chi connectivity index (χ2n) is 8.56. The molecule has 2 aromatic carbocycles. The van der Waals surface area contributed by atoms with Crippen LogP contribution < -0.4 is 4.74 Å². The maximum absolute atomic E-state index is 13.7. The lowest BCUT2D eigenvalue weighted by Crippen LogP contribution is -2.50. The van der Waals surface area contributed by atoms with E-state index in [0.717, 1.165) is 31.2 Å². The van der Waals surface area contributed by atoms with E-state index < -0.39 is 23.4 Å². The number of carboxylic acid groups (broad SMARTS) is 1. The van der Waals surface area contributed by atoms with Gasteiger partial charge in [0.05, 0.1) is 12.5 Å². The van der Waals surface area contributed by atoms with Gasteiger partial charge in [0.2, 0.25) is 0 Å². The number of hydrogen-bond acceptors (Lipinski definition) is 3. The fourth-order valence-electron chi connectivity index (χ4n) is 4.43. The van der Waals surface area contributed by atoms with E-state index in [1.54, 1.807) is 0 Å². The van der Waals surface area contributed by atoms with Gasteiger partial charge in [0, 0.05) is 19.6 Å². The van der Waals surface area contributed by atoms with Gasteiger partial charge in [-0.2, -0.15) is 0 Å². The van der Waals surface area contributed by atoms with Gasteiger partial charge in [-0.15, -0.1) is 0 Å². The Labute approximate surface area is 185 Å². The summed E-state index contributed by atoms with van der Waals surface area (Å²) in [6.07, 6.45) is 2.58. The second kappa shape index (κ2) is 9.36. The molecule has 0 bridgehead atoms. The molecule has 0 spiro atoms. The summed E-state index contributed by atoms with van der Waals surface area (Å²) in [4.78, 5) is 13.2. The Hall–Kier alpha value is -2.80. The molecule has 0 aromatic heterocycles. The lowest BCUT2D eigenvalue weighted by molar-refractivity contribution is -0.147. The maximum Gasteiger partial charge on any atom is 0.309 e. The standard InChI is InChI=1S/C25H26F3NO3/c1-15-18(12-29-13-19(14-29)25(30)31)5-4-17-11-20(7-8-21(15)17)32-10-2-3-16-6-9-22(26)24(28)23(16)27/h6-9,11,19H,2-5,10,12-14H2,1H3,(H,30,31). The minimum Gasteiger partial charge on any atom is -0.494 e. The molecule has 4 rings (SSSR count). The SMILES string of the molecule is CC1=C(CN2CC(C(=O)O)C2)CCc2cc(OCCCc3ccc(F)c(F)c3F)ccc21. The summed E-state index contributed by atoms with van der Waals surface area (Å²) in [6, 6.07) is 8.19. The Morgan fingerprint density at radius 1 is 1.12 bits per heavy atom. The zero-order chi connectivity index (χ0) is 22.8. The molecule has 0 amide bonds. The number of aliphatic carboxylic acids is 1. The van der Waals surface area contributed by atoms with E-state index in [0.29, 0.717) is 26.1 Å². The number of hydrogen-bond donors (Lipinski definition) is 1. The first-order valence-corrected chi connectivity index (χ1v) is 10.9. The van der Waals surface area contributed by atoms with E-state index in [1.807, 2.05) is 18.2 Å². The van der Waals surface area contributed by atoms with Crippen molar-refractivity contribution < 1.29 is 27.8 Å². The van der Waals surface area contributed by atoms with Crippen molar-refractivity contribution in [1.29, 1.82) is 0 Å². The third kappa shape index (κ3) is 4.67. The van der Waals surface area contributed by atoms with Gasteiger partial charge in [-0.1, -0.05) is 17.7 Å². The summed E-state index contributed by atoms with van der Waals surface area (Å²) < 4.78 is 45.9. The Balaban J connectivity index is 1.31. The van der Waals surface area contributed by atoms with Crippen LogP contribution in [0.3, 0.4) is 0 Å². The van der Waals surface area contributed by atoms with E-state index in [1.165, 1.54) is 28.3 Å². The van der Waals surface area contributed by atoms with Crippen LogP contribution in [-0.4, -0.2) is 42.2 Å². The smallest absolute Gasteiger partial charge is 0.309 e. The number of benzene rings is 2. The van der Waals surface area contributed by atoms with Gasteiger partial charge in [-0.05, 0) is 73.1 Å². The minimum absolute atomic E-state index is 0.142. The minimum atomic E-state index is -1.43. The van der Waals surface area contributed by atoms with Crippen molar-refractivity contribution in [3.05, 3.63) is 70.0 Å². The number of rotatable bonds is 8. The van der Waals surface area contributed by atoms with Crippen molar-refractivity contribution in [2.45, 2.75) is 32.6 Å². The first-order valence-electron chi connectivity index (χ1n) is 10.9. The Bertz CT molecular complexity index is 1060. The number of nitrogens with zero attached hydrogens (tertiary/aromatic N) is 1. The van der Waals surface area contributed by atoms with Crippen LogP contribution >= 0.6 is 0 Å². The molecule has 1 heterocycles. The molecular weight excluding hydrogens is 419 g/mol. The van der Waals surface area contributed by atoms with Gasteiger partial charge in [0.15, 0.2) is 17.5 Å². The number of carbonyl (C=O) groups is 1. The Morgan fingerprint density at radius 2 is 1.91 bits per heavy atom. The van der Waals surface area contributed by atoms with Crippen LogP contribution in [0.15, 0.2) is 35.9 Å². The van der Waals surface area contributed by atoms with Crippen LogP contribution in [-0.2, 0) is 17.6 Å². The van der Waals surface area contributed by atoms with Gasteiger partial charge in [0.1, 0.15) is 5.75 Å². The van der Waals surface area contributed by atoms with Gasteiger partial charge in [-0.3, -0.25) is 9.69 Å². The van der Waals surface area contributed by atoms with Gasteiger partial charge < -0.3 is 9.84 Å². The molecule has 1 saturated heterocycles. The molecule has 2 aromatic rings. The number of halogens is 3. The zero-order valence-electron chi connectivity index (χ0n) is 18.0. The first-order chi connectivity index (χ1) is 15.3. The van der Waals surface area contributed by atoms with E-state index in [-0.39, 0.29) is 17.9 Å². The van der Waals surface area contributed by atoms with Crippen molar-refractivity contribution >= 4 is 11.5 Å². The quantitative estimate of drug-likeness (QED) is 0.466. The zero-order valence-corrected chi connectivity index (χ0v) is 18.0. The first kappa shape index (κ1) is 22.4. The summed E-state index contributed by atoms with van der Waals surface area (Å²) in [7, 11) is 0. The summed E-state index contributed by atoms with van der Waals surface area (Å²) >= 11 is 0. The van der Waals surface area contributed by atoms with Crippen LogP contribution in [0, 0.1) is 23.4 Å². The Morgan fingerprint density at radius 3 is 2.66 bits per heavy atom. The van der Waals surface area contributed by atoms with E-state index in [4.69, 9.17) is 9.84 Å².